The average molecular weight is 261 g/mol. The maximum absolute atomic E-state index is 11.5. The first-order valence-electron chi connectivity index (χ1n) is 6.34. The topological polar surface area (TPSA) is 85.2 Å². The first-order chi connectivity index (χ1) is 9.15. The SMILES string of the molecule is CCCC(O)CNC(=O)NCc1cccc(C#N)c1. The van der Waals surface area contributed by atoms with Crippen molar-refractivity contribution in [3.63, 3.8) is 0 Å². The summed E-state index contributed by atoms with van der Waals surface area (Å²) in [5.41, 5.74) is 1.43. The summed E-state index contributed by atoms with van der Waals surface area (Å²) in [5.74, 6) is 0. The zero-order valence-electron chi connectivity index (χ0n) is 11.0. The molecule has 0 fully saturated rings. The number of hydrogen-bond acceptors (Lipinski definition) is 3. The van der Waals surface area contributed by atoms with Gasteiger partial charge in [0, 0.05) is 13.1 Å². The van der Waals surface area contributed by atoms with E-state index >= 15 is 0 Å². The highest BCUT2D eigenvalue weighted by Gasteiger charge is 2.05. The van der Waals surface area contributed by atoms with Crippen LogP contribution in [0.15, 0.2) is 24.3 Å². The van der Waals surface area contributed by atoms with E-state index in [4.69, 9.17) is 5.26 Å². The van der Waals surface area contributed by atoms with Crippen LogP contribution in [-0.2, 0) is 6.54 Å². The Bertz CT molecular complexity index is 454. The van der Waals surface area contributed by atoms with Crippen LogP contribution in [0.25, 0.3) is 0 Å². The molecule has 0 aliphatic rings. The predicted molar refractivity (Wildman–Crippen MR) is 72.3 cm³/mol. The Morgan fingerprint density at radius 1 is 1.47 bits per heavy atom. The minimum absolute atomic E-state index is 0.248. The first-order valence-corrected chi connectivity index (χ1v) is 6.34. The number of rotatable bonds is 6. The first kappa shape index (κ1) is 15.0. The molecule has 2 amide bonds. The van der Waals surface area contributed by atoms with E-state index in [9.17, 15) is 9.90 Å². The van der Waals surface area contributed by atoms with E-state index in [1.165, 1.54) is 0 Å². The summed E-state index contributed by atoms with van der Waals surface area (Å²) >= 11 is 0. The molecule has 0 spiro atoms. The Hall–Kier alpha value is -2.06. The monoisotopic (exact) mass is 261 g/mol. The molecule has 1 atom stereocenters. The highest BCUT2D eigenvalue weighted by molar-refractivity contribution is 5.73. The van der Waals surface area contributed by atoms with Gasteiger partial charge in [-0.1, -0.05) is 25.5 Å². The van der Waals surface area contributed by atoms with Crippen LogP contribution < -0.4 is 10.6 Å². The number of hydrogen-bond donors (Lipinski definition) is 3. The van der Waals surface area contributed by atoms with Gasteiger partial charge in [-0.3, -0.25) is 0 Å². The summed E-state index contributed by atoms with van der Waals surface area (Å²) < 4.78 is 0. The molecular formula is C14H19N3O2. The fourth-order valence-electron chi connectivity index (χ4n) is 1.64. The third kappa shape index (κ3) is 5.89. The third-order valence-corrected chi connectivity index (χ3v) is 2.63. The lowest BCUT2D eigenvalue weighted by Gasteiger charge is -2.11. The number of nitrogens with one attached hydrogen (secondary N) is 2. The van der Waals surface area contributed by atoms with E-state index < -0.39 is 6.10 Å². The molecule has 5 heteroatoms. The Morgan fingerprint density at radius 2 is 2.26 bits per heavy atom. The lowest BCUT2D eigenvalue weighted by molar-refractivity contribution is 0.160. The lowest BCUT2D eigenvalue weighted by Crippen LogP contribution is -2.39. The molecule has 0 radical (unpaired) electrons. The fourth-order valence-corrected chi connectivity index (χ4v) is 1.64. The number of aliphatic hydroxyl groups excluding tert-OH is 1. The van der Waals surface area contributed by atoms with Gasteiger partial charge in [0.25, 0.3) is 0 Å². The molecule has 0 saturated heterocycles. The summed E-state index contributed by atoms with van der Waals surface area (Å²) in [6.45, 7) is 2.58. The van der Waals surface area contributed by atoms with Gasteiger partial charge in [-0.15, -0.1) is 0 Å². The van der Waals surface area contributed by atoms with E-state index in [0.29, 0.717) is 18.5 Å². The van der Waals surface area contributed by atoms with Crippen LogP contribution in [0.1, 0.15) is 30.9 Å². The van der Waals surface area contributed by atoms with Crippen molar-refractivity contribution in [2.24, 2.45) is 0 Å². The van der Waals surface area contributed by atoms with Gasteiger partial charge in [0.15, 0.2) is 0 Å². The second-order valence-corrected chi connectivity index (χ2v) is 4.32. The molecular weight excluding hydrogens is 242 g/mol. The van der Waals surface area contributed by atoms with Crippen LogP contribution in [0.5, 0.6) is 0 Å². The van der Waals surface area contributed by atoms with Crippen LogP contribution in [0.3, 0.4) is 0 Å². The number of amides is 2. The second-order valence-electron chi connectivity index (χ2n) is 4.32. The van der Waals surface area contributed by atoms with Crippen molar-refractivity contribution < 1.29 is 9.90 Å². The molecule has 0 saturated carbocycles. The number of urea groups is 1. The van der Waals surface area contributed by atoms with Gasteiger partial charge in [0.2, 0.25) is 0 Å². The summed E-state index contributed by atoms with van der Waals surface area (Å²) in [6.07, 6.45) is 1.05. The number of benzene rings is 1. The predicted octanol–water partition coefficient (Wildman–Crippen LogP) is 1.52. The van der Waals surface area contributed by atoms with Crippen LogP contribution in [0.4, 0.5) is 4.79 Å². The maximum Gasteiger partial charge on any atom is 0.315 e. The number of carbonyl (C=O) groups is 1. The molecule has 1 unspecified atom stereocenters. The van der Waals surface area contributed by atoms with Crippen LogP contribution in [0.2, 0.25) is 0 Å². The smallest absolute Gasteiger partial charge is 0.315 e. The minimum atomic E-state index is -0.502. The molecule has 0 aliphatic heterocycles. The molecule has 0 aromatic heterocycles. The zero-order valence-corrected chi connectivity index (χ0v) is 11.0. The Morgan fingerprint density at radius 3 is 2.95 bits per heavy atom. The van der Waals surface area contributed by atoms with Gasteiger partial charge in [0.05, 0.1) is 17.7 Å². The molecule has 0 aliphatic carbocycles. The number of aliphatic hydroxyl groups is 1. The van der Waals surface area contributed by atoms with Gasteiger partial charge >= 0.3 is 6.03 Å². The number of nitriles is 1. The highest BCUT2D eigenvalue weighted by Crippen LogP contribution is 2.03. The molecule has 102 valence electrons. The molecule has 1 aromatic rings. The molecule has 19 heavy (non-hydrogen) atoms. The van der Waals surface area contributed by atoms with Crippen molar-refractivity contribution in [3.05, 3.63) is 35.4 Å². The highest BCUT2D eigenvalue weighted by atomic mass is 16.3. The Kier molecular flexibility index (Phi) is 6.41. The van der Waals surface area contributed by atoms with Gasteiger partial charge in [0.1, 0.15) is 0 Å². The fraction of sp³-hybridized carbons (Fsp3) is 0.429. The van der Waals surface area contributed by atoms with Gasteiger partial charge in [-0.05, 0) is 24.1 Å². The summed E-state index contributed by atoms with van der Waals surface area (Å²) in [4.78, 5) is 11.5. The Balaban J connectivity index is 2.32. The molecule has 1 aromatic carbocycles. The standard InChI is InChI=1S/C14H19N3O2/c1-2-4-13(18)10-17-14(19)16-9-12-6-3-5-11(7-12)8-15/h3,5-7,13,18H,2,4,9-10H2,1H3,(H2,16,17,19). The second kappa shape index (κ2) is 8.11. The largest absolute Gasteiger partial charge is 0.391 e. The molecule has 3 N–H and O–H groups in total. The molecule has 1 rings (SSSR count). The minimum Gasteiger partial charge on any atom is -0.391 e. The lowest BCUT2D eigenvalue weighted by atomic mass is 10.1. The quantitative estimate of drug-likeness (QED) is 0.725. The molecule has 0 heterocycles. The van der Waals surface area contributed by atoms with E-state index in [1.54, 1.807) is 18.2 Å². The summed E-state index contributed by atoms with van der Waals surface area (Å²) in [6, 6.07) is 8.78. The molecule has 5 nitrogen and oxygen atoms in total. The van der Waals surface area contributed by atoms with Crippen molar-refractivity contribution in [1.29, 1.82) is 5.26 Å². The third-order valence-electron chi connectivity index (χ3n) is 2.63. The number of carbonyl (C=O) groups excluding carboxylic acids is 1. The summed E-state index contributed by atoms with van der Waals surface area (Å²) in [7, 11) is 0. The van der Waals surface area contributed by atoms with Crippen molar-refractivity contribution in [1.82, 2.24) is 10.6 Å². The van der Waals surface area contributed by atoms with Crippen molar-refractivity contribution in [3.8, 4) is 6.07 Å². The van der Waals surface area contributed by atoms with Gasteiger partial charge in [-0.25, -0.2) is 4.79 Å². The normalized spacial score (nSPS) is 11.4. The van der Waals surface area contributed by atoms with Gasteiger partial charge in [-0.2, -0.15) is 5.26 Å². The average Bonchev–Trinajstić information content (AvgIpc) is 2.43. The van der Waals surface area contributed by atoms with Crippen LogP contribution in [-0.4, -0.2) is 23.8 Å². The summed E-state index contributed by atoms with van der Waals surface area (Å²) in [5, 5.41) is 23.5. The van der Waals surface area contributed by atoms with E-state index in [-0.39, 0.29) is 12.6 Å². The van der Waals surface area contributed by atoms with Crippen LogP contribution >= 0.6 is 0 Å². The van der Waals surface area contributed by atoms with E-state index in [1.807, 2.05) is 19.1 Å². The van der Waals surface area contributed by atoms with Crippen molar-refractivity contribution in [2.75, 3.05) is 6.54 Å². The van der Waals surface area contributed by atoms with Gasteiger partial charge < -0.3 is 15.7 Å². The Labute approximate surface area is 113 Å². The van der Waals surface area contributed by atoms with Crippen molar-refractivity contribution >= 4 is 6.03 Å². The molecule has 0 bridgehead atoms. The zero-order chi connectivity index (χ0) is 14.1. The maximum atomic E-state index is 11.5. The van der Waals surface area contributed by atoms with E-state index in [2.05, 4.69) is 10.6 Å². The van der Waals surface area contributed by atoms with E-state index in [0.717, 1.165) is 12.0 Å². The number of nitrogens with zero attached hydrogens (tertiary/aromatic N) is 1. The van der Waals surface area contributed by atoms with Crippen LogP contribution in [0, 0.1) is 11.3 Å². The van der Waals surface area contributed by atoms with Crippen molar-refractivity contribution in [2.45, 2.75) is 32.4 Å².